The standard InChI is InChI=1S/C20H27N3O2/c1-2-23-10-11-24-20(15-23)14-22-12-17-5-7-19(8-6-17)25-16-18-4-3-9-21-13-18/h3-9,13,20,22H,2,10-12,14-16H2,1H3/t20-/m1/s1. The molecular weight excluding hydrogens is 314 g/mol. The second kappa shape index (κ2) is 9.51. The minimum atomic E-state index is 0.288. The van der Waals surface area contributed by atoms with Crippen LogP contribution >= 0.6 is 0 Å². The summed E-state index contributed by atoms with van der Waals surface area (Å²) in [4.78, 5) is 6.53. The molecule has 134 valence electrons. The van der Waals surface area contributed by atoms with Crippen LogP contribution in [-0.4, -0.2) is 48.8 Å². The largest absolute Gasteiger partial charge is 0.489 e. The predicted molar refractivity (Wildman–Crippen MR) is 98.6 cm³/mol. The summed E-state index contributed by atoms with van der Waals surface area (Å²) >= 11 is 0. The zero-order valence-electron chi connectivity index (χ0n) is 14.9. The number of ether oxygens (including phenoxy) is 2. The van der Waals surface area contributed by atoms with Gasteiger partial charge in [0.05, 0.1) is 12.7 Å². The Labute approximate surface area is 150 Å². The van der Waals surface area contributed by atoms with E-state index in [0.717, 1.165) is 50.6 Å². The highest BCUT2D eigenvalue weighted by Gasteiger charge is 2.18. The molecule has 1 aromatic carbocycles. The molecule has 1 aliphatic heterocycles. The van der Waals surface area contributed by atoms with Gasteiger partial charge in [-0.1, -0.05) is 25.1 Å². The fourth-order valence-electron chi connectivity index (χ4n) is 2.92. The number of hydrogen-bond acceptors (Lipinski definition) is 5. The first-order chi connectivity index (χ1) is 12.3. The Kier molecular flexibility index (Phi) is 6.79. The molecule has 1 fully saturated rings. The zero-order valence-corrected chi connectivity index (χ0v) is 14.9. The van der Waals surface area contributed by atoms with Gasteiger partial charge in [-0.25, -0.2) is 0 Å². The van der Waals surface area contributed by atoms with Crippen molar-refractivity contribution in [2.75, 3.05) is 32.8 Å². The third-order valence-electron chi connectivity index (χ3n) is 4.42. The molecule has 2 heterocycles. The van der Waals surface area contributed by atoms with E-state index in [9.17, 15) is 0 Å². The Morgan fingerprint density at radius 3 is 2.88 bits per heavy atom. The molecule has 1 atom stereocenters. The molecule has 1 saturated heterocycles. The lowest BCUT2D eigenvalue weighted by atomic mass is 10.2. The summed E-state index contributed by atoms with van der Waals surface area (Å²) in [6, 6.07) is 12.2. The van der Waals surface area contributed by atoms with Crippen molar-refractivity contribution in [3.05, 3.63) is 59.9 Å². The van der Waals surface area contributed by atoms with Gasteiger partial charge in [-0.3, -0.25) is 9.88 Å². The Morgan fingerprint density at radius 2 is 2.12 bits per heavy atom. The van der Waals surface area contributed by atoms with Crippen LogP contribution in [0.4, 0.5) is 0 Å². The molecule has 25 heavy (non-hydrogen) atoms. The van der Waals surface area contributed by atoms with E-state index in [4.69, 9.17) is 9.47 Å². The summed E-state index contributed by atoms with van der Waals surface area (Å²) in [6.07, 6.45) is 3.88. The quantitative estimate of drug-likeness (QED) is 0.799. The summed E-state index contributed by atoms with van der Waals surface area (Å²) in [6.45, 7) is 8.47. The van der Waals surface area contributed by atoms with Crippen molar-refractivity contribution >= 4 is 0 Å². The molecule has 2 aromatic rings. The van der Waals surface area contributed by atoms with Crippen LogP contribution in [0.2, 0.25) is 0 Å². The van der Waals surface area contributed by atoms with Gasteiger partial charge in [0, 0.05) is 44.1 Å². The van der Waals surface area contributed by atoms with Crippen LogP contribution in [0.25, 0.3) is 0 Å². The maximum absolute atomic E-state index is 5.81. The number of aromatic nitrogens is 1. The molecule has 0 unspecified atom stereocenters. The van der Waals surface area contributed by atoms with E-state index in [1.54, 1.807) is 6.20 Å². The topological polar surface area (TPSA) is 46.6 Å². The summed E-state index contributed by atoms with van der Waals surface area (Å²) in [7, 11) is 0. The van der Waals surface area contributed by atoms with Crippen molar-refractivity contribution in [1.82, 2.24) is 15.2 Å². The molecule has 0 spiro atoms. The maximum atomic E-state index is 5.81. The van der Waals surface area contributed by atoms with Gasteiger partial charge in [0.25, 0.3) is 0 Å². The van der Waals surface area contributed by atoms with Gasteiger partial charge in [-0.2, -0.15) is 0 Å². The molecule has 3 rings (SSSR count). The average molecular weight is 341 g/mol. The molecule has 5 heteroatoms. The molecule has 0 aliphatic carbocycles. The Morgan fingerprint density at radius 1 is 1.24 bits per heavy atom. The number of morpholine rings is 1. The number of benzene rings is 1. The molecule has 0 bridgehead atoms. The first-order valence-electron chi connectivity index (χ1n) is 8.99. The summed E-state index contributed by atoms with van der Waals surface area (Å²) in [5, 5.41) is 3.49. The lowest BCUT2D eigenvalue weighted by Crippen LogP contribution is -2.46. The van der Waals surface area contributed by atoms with Crippen molar-refractivity contribution < 1.29 is 9.47 Å². The smallest absolute Gasteiger partial charge is 0.119 e. The lowest BCUT2D eigenvalue weighted by molar-refractivity contribution is -0.0253. The molecular formula is C20H27N3O2. The van der Waals surface area contributed by atoms with E-state index in [2.05, 4.69) is 34.3 Å². The van der Waals surface area contributed by atoms with Gasteiger partial charge in [0.2, 0.25) is 0 Å². The molecule has 0 radical (unpaired) electrons. The second-order valence-electron chi connectivity index (χ2n) is 6.31. The van der Waals surface area contributed by atoms with Crippen LogP contribution in [0.1, 0.15) is 18.1 Å². The van der Waals surface area contributed by atoms with Crippen LogP contribution in [0.15, 0.2) is 48.8 Å². The van der Waals surface area contributed by atoms with Gasteiger partial charge >= 0.3 is 0 Å². The zero-order chi connectivity index (χ0) is 17.3. The van der Waals surface area contributed by atoms with Gasteiger partial charge in [0.15, 0.2) is 0 Å². The van der Waals surface area contributed by atoms with E-state index >= 15 is 0 Å². The monoisotopic (exact) mass is 341 g/mol. The van der Waals surface area contributed by atoms with Crippen molar-refractivity contribution in [1.29, 1.82) is 0 Å². The fraction of sp³-hybridized carbons (Fsp3) is 0.450. The van der Waals surface area contributed by atoms with Crippen LogP contribution in [0, 0.1) is 0 Å². The van der Waals surface area contributed by atoms with Crippen LogP contribution in [0.3, 0.4) is 0 Å². The summed E-state index contributed by atoms with van der Waals surface area (Å²) < 4.78 is 11.6. The lowest BCUT2D eigenvalue weighted by Gasteiger charge is -2.32. The normalized spacial score (nSPS) is 18.2. The van der Waals surface area contributed by atoms with Crippen LogP contribution < -0.4 is 10.1 Å². The number of rotatable bonds is 8. The first kappa shape index (κ1) is 17.9. The Bertz CT molecular complexity index is 619. The highest BCUT2D eigenvalue weighted by Crippen LogP contribution is 2.14. The number of hydrogen-bond donors (Lipinski definition) is 1. The minimum absolute atomic E-state index is 0.288. The fourth-order valence-corrected chi connectivity index (χ4v) is 2.92. The molecule has 0 saturated carbocycles. The van der Waals surface area contributed by atoms with E-state index in [1.165, 1.54) is 5.56 Å². The van der Waals surface area contributed by atoms with Crippen molar-refractivity contribution in [3.8, 4) is 5.75 Å². The van der Waals surface area contributed by atoms with Gasteiger partial charge in [-0.05, 0) is 30.3 Å². The number of nitrogens with one attached hydrogen (secondary N) is 1. The summed E-state index contributed by atoms with van der Waals surface area (Å²) in [5.74, 6) is 0.877. The molecule has 1 aromatic heterocycles. The Balaban J connectivity index is 1.39. The van der Waals surface area contributed by atoms with Crippen molar-refractivity contribution in [2.45, 2.75) is 26.2 Å². The number of likely N-dealkylation sites (N-methyl/N-ethyl adjacent to an activating group) is 1. The molecule has 1 aliphatic rings. The predicted octanol–water partition coefficient (Wildman–Crippen LogP) is 2.47. The minimum Gasteiger partial charge on any atom is -0.489 e. The third kappa shape index (κ3) is 5.81. The molecule has 1 N–H and O–H groups in total. The van der Waals surface area contributed by atoms with Crippen LogP contribution in [-0.2, 0) is 17.9 Å². The number of pyridine rings is 1. The van der Waals surface area contributed by atoms with Gasteiger partial charge < -0.3 is 14.8 Å². The van der Waals surface area contributed by atoms with E-state index in [-0.39, 0.29) is 6.10 Å². The van der Waals surface area contributed by atoms with Gasteiger partial charge in [0.1, 0.15) is 12.4 Å². The molecule has 0 amide bonds. The summed E-state index contributed by atoms with van der Waals surface area (Å²) in [5.41, 5.74) is 2.32. The average Bonchev–Trinajstić information content (AvgIpc) is 2.68. The first-order valence-corrected chi connectivity index (χ1v) is 8.99. The number of nitrogens with zero attached hydrogens (tertiary/aromatic N) is 2. The highest BCUT2D eigenvalue weighted by molar-refractivity contribution is 5.27. The molecule has 5 nitrogen and oxygen atoms in total. The van der Waals surface area contributed by atoms with E-state index in [0.29, 0.717) is 6.61 Å². The van der Waals surface area contributed by atoms with Gasteiger partial charge in [-0.15, -0.1) is 0 Å². The van der Waals surface area contributed by atoms with Crippen molar-refractivity contribution in [2.24, 2.45) is 0 Å². The second-order valence-corrected chi connectivity index (χ2v) is 6.31. The van der Waals surface area contributed by atoms with Crippen molar-refractivity contribution in [3.63, 3.8) is 0 Å². The highest BCUT2D eigenvalue weighted by atomic mass is 16.5. The van der Waals surface area contributed by atoms with E-state index in [1.807, 2.05) is 30.5 Å². The maximum Gasteiger partial charge on any atom is 0.119 e. The van der Waals surface area contributed by atoms with E-state index < -0.39 is 0 Å². The third-order valence-corrected chi connectivity index (χ3v) is 4.42. The SMILES string of the molecule is CCN1CCO[C@H](CNCc2ccc(OCc3cccnc3)cc2)C1. The van der Waals surface area contributed by atoms with Crippen LogP contribution in [0.5, 0.6) is 5.75 Å². The Hall–Kier alpha value is -1.95.